The fraction of sp³-hybridized carbons (Fsp3) is 0.632. The Hall–Kier alpha value is -4.47. The molecule has 0 spiro atoms. The Kier molecular flexibility index (Phi) is 11.1. The Morgan fingerprint density at radius 1 is 1.04 bits per heavy atom. The molecule has 3 fully saturated rings. The van der Waals surface area contributed by atoms with Crippen LogP contribution >= 0.6 is 0 Å². The molecule has 2 aliphatic heterocycles. The first-order chi connectivity index (χ1) is 25.5. The van der Waals surface area contributed by atoms with Crippen molar-refractivity contribution in [1.29, 1.82) is 0 Å². The predicted octanol–water partition coefficient (Wildman–Crippen LogP) is 3.34. The van der Waals surface area contributed by atoms with Gasteiger partial charge in [0.25, 0.3) is 5.91 Å². The van der Waals surface area contributed by atoms with Gasteiger partial charge in [-0.2, -0.15) is 0 Å². The molecule has 1 aromatic carbocycles. The largest absolute Gasteiger partial charge is 0.476 e. The van der Waals surface area contributed by atoms with Gasteiger partial charge < -0.3 is 30.3 Å². The van der Waals surface area contributed by atoms with Crippen LogP contribution in [0.15, 0.2) is 36.4 Å². The van der Waals surface area contributed by atoms with Crippen molar-refractivity contribution in [2.75, 3.05) is 13.2 Å². The number of urea groups is 1. The minimum Gasteiger partial charge on any atom is -0.476 e. The highest BCUT2D eigenvalue weighted by molar-refractivity contribution is 7.91. The monoisotopic (exact) mass is 767 g/mol. The molecule has 6 rings (SSSR count). The third-order valence-electron chi connectivity index (χ3n) is 10.6. The first-order valence-corrected chi connectivity index (χ1v) is 20.5. The Morgan fingerprint density at radius 2 is 1.72 bits per heavy atom. The van der Waals surface area contributed by atoms with Gasteiger partial charge in [0.1, 0.15) is 23.7 Å². The molecule has 1 aromatic heterocycles. The summed E-state index contributed by atoms with van der Waals surface area (Å²) in [6, 6.07) is 4.71. The molecule has 54 heavy (non-hydrogen) atoms. The van der Waals surface area contributed by atoms with Crippen LogP contribution in [0.2, 0.25) is 0 Å². The van der Waals surface area contributed by atoms with E-state index in [0.29, 0.717) is 48.9 Å². The van der Waals surface area contributed by atoms with E-state index < -0.39 is 74.2 Å². The summed E-state index contributed by atoms with van der Waals surface area (Å²) in [5, 5.41) is 17.9. The van der Waals surface area contributed by atoms with Gasteiger partial charge in [0.05, 0.1) is 29.2 Å². The van der Waals surface area contributed by atoms with Gasteiger partial charge in [0, 0.05) is 17.9 Å². The SMILES string of the molecule is CCOc1nnc(O[C@@H]2C[C@H]3C(=O)N[C@]4(C(=O)NS(=O)(=O)C5CC5)C[C@H]4C=CCC[C@H](C)C[C@@H](C)[C@H](NC(=O)NC(C)(C)C)C(=O)N3C2)c2ccccc12. The second-order valence-corrected chi connectivity index (χ2v) is 18.3. The summed E-state index contributed by atoms with van der Waals surface area (Å²) in [5.41, 5.74) is -2.08. The van der Waals surface area contributed by atoms with E-state index in [-0.39, 0.29) is 37.1 Å². The summed E-state index contributed by atoms with van der Waals surface area (Å²) >= 11 is 0. The van der Waals surface area contributed by atoms with Crippen LogP contribution in [0.5, 0.6) is 11.8 Å². The van der Waals surface area contributed by atoms with E-state index in [1.54, 1.807) is 0 Å². The van der Waals surface area contributed by atoms with Crippen LogP contribution in [0.3, 0.4) is 0 Å². The highest BCUT2D eigenvalue weighted by Crippen LogP contribution is 2.46. The molecule has 15 nitrogen and oxygen atoms in total. The lowest BCUT2D eigenvalue weighted by Gasteiger charge is -2.33. The van der Waals surface area contributed by atoms with Crippen LogP contribution < -0.4 is 30.1 Å². The lowest BCUT2D eigenvalue weighted by Crippen LogP contribution is -2.60. The van der Waals surface area contributed by atoms with Crippen LogP contribution in [0.1, 0.15) is 86.5 Å². The Labute approximate surface area is 316 Å². The van der Waals surface area contributed by atoms with Crippen molar-refractivity contribution < 1.29 is 37.1 Å². The second-order valence-electron chi connectivity index (χ2n) is 16.4. The quantitative estimate of drug-likeness (QED) is 0.289. The van der Waals surface area contributed by atoms with Crippen molar-refractivity contribution in [2.45, 2.75) is 121 Å². The van der Waals surface area contributed by atoms with Gasteiger partial charge >= 0.3 is 6.03 Å². The maximum absolute atomic E-state index is 14.8. The molecule has 2 saturated carbocycles. The highest BCUT2D eigenvalue weighted by atomic mass is 32.2. The number of nitrogens with zero attached hydrogens (tertiary/aromatic N) is 3. The third kappa shape index (κ3) is 8.74. The van der Waals surface area contributed by atoms with Crippen LogP contribution in [0.25, 0.3) is 10.8 Å². The standard InChI is InChI=1S/C38H53N7O8S/c1-7-52-32-27-14-10-11-15-28(27)33(43-42-32)53-25-19-29-31(46)40-38(35(48)44-54(50,51)26-16-17-26)20-24(38)13-9-8-12-22(2)18-23(3)30(34(47)45(29)21-25)39-36(49)41-37(4,5)6/h9-11,13-15,22-26,29-30H,7-8,12,16-21H2,1-6H3,(H,40,46)(H,44,48)(H2,39,41,49)/t22-,23+,24+,25+,29-,30-,38+/m0/s1. The number of aromatic nitrogens is 2. The topological polar surface area (TPSA) is 198 Å². The van der Waals surface area contributed by atoms with Crippen molar-refractivity contribution in [3.8, 4) is 11.8 Å². The zero-order valence-electron chi connectivity index (χ0n) is 31.9. The van der Waals surface area contributed by atoms with Gasteiger partial charge in [0.15, 0.2) is 0 Å². The van der Waals surface area contributed by atoms with Gasteiger partial charge in [-0.05, 0) is 90.2 Å². The summed E-state index contributed by atoms with van der Waals surface area (Å²) in [6.45, 7) is 11.7. The number of fused-ring (bicyclic) bond motifs is 3. The molecule has 7 atom stereocenters. The first-order valence-electron chi connectivity index (χ1n) is 19.0. The van der Waals surface area contributed by atoms with Crippen molar-refractivity contribution in [1.82, 2.24) is 35.8 Å². The molecule has 1 saturated heterocycles. The smallest absolute Gasteiger partial charge is 0.315 e. The van der Waals surface area contributed by atoms with Gasteiger partial charge in [-0.15, -0.1) is 10.2 Å². The molecule has 4 aliphatic rings. The maximum Gasteiger partial charge on any atom is 0.315 e. The minimum absolute atomic E-state index is 0.0277. The lowest BCUT2D eigenvalue weighted by atomic mass is 9.88. The van der Waals surface area contributed by atoms with Crippen molar-refractivity contribution in [2.24, 2.45) is 17.8 Å². The summed E-state index contributed by atoms with van der Waals surface area (Å²) in [5.74, 6) is -1.91. The van der Waals surface area contributed by atoms with E-state index in [9.17, 15) is 27.6 Å². The van der Waals surface area contributed by atoms with Gasteiger partial charge in [-0.25, -0.2) is 13.2 Å². The average molecular weight is 768 g/mol. The Bertz CT molecular complexity index is 1910. The number of carbonyl (C=O) groups excluding carboxylic acids is 4. The van der Waals surface area contributed by atoms with Crippen LogP contribution in [0, 0.1) is 17.8 Å². The Morgan fingerprint density at radius 3 is 2.39 bits per heavy atom. The van der Waals surface area contributed by atoms with E-state index in [2.05, 4.69) is 37.8 Å². The molecular formula is C38H53N7O8S. The molecule has 4 N–H and O–H groups in total. The van der Waals surface area contributed by atoms with Crippen molar-refractivity contribution in [3.63, 3.8) is 0 Å². The number of ether oxygens (including phenoxy) is 2. The van der Waals surface area contributed by atoms with Crippen molar-refractivity contribution in [3.05, 3.63) is 36.4 Å². The minimum atomic E-state index is -3.90. The number of allylic oxidation sites excluding steroid dienone is 1. The van der Waals surface area contributed by atoms with Crippen LogP contribution in [-0.4, -0.2) is 94.9 Å². The number of hydrogen-bond acceptors (Lipinski definition) is 10. The summed E-state index contributed by atoms with van der Waals surface area (Å²) in [6.07, 6.45) is 6.38. The fourth-order valence-electron chi connectivity index (χ4n) is 7.56. The summed E-state index contributed by atoms with van der Waals surface area (Å²) in [7, 11) is -3.90. The molecule has 294 valence electrons. The second kappa shape index (κ2) is 15.3. The van der Waals surface area contributed by atoms with Crippen molar-refractivity contribution >= 4 is 44.5 Å². The third-order valence-corrected chi connectivity index (χ3v) is 12.4. The van der Waals surface area contributed by atoms with E-state index in [1.807, 2.05) is 71.0 Å². The summed E-state index contributed by atoms with van der Waals surface area (Å²) < 4.78 is 40.1. The molecule has 3 heterocycles. The van der Waals surface area contributed by atoms with Crippen LogP contribution in [-0.2, 0) is 24.4 Å². The molecular weight excluding hydrogens is 715 g/mol. The molecule has 0 radical (unpaired) electrons. The van der Waals surface area contributed by atoms with Gasteiger partial charge in [0.2, 0.25) is 33.6 Å². The molecule has 0 bridgehead atoms. The van der Waals surface area contributed by atoms with E-state index >= 15 is 0 Å². The zero-order valence-corrected chi connectivity index (χ0v) is 32.7. The fourth-order valence-corrected chi connectivity index (χ4v) is 8.92. The summed E-state index contributed by atoms with van der Waals surface area (Å²) in [4.78, 5) is 57.7. The highest BCUT2D eigenvalue weighted by Gasteiger charge is 2.62. The van der Waals surface area contributed by atoms with Crippen LogP contribution in [0.4, 0.5) is 4.79 Å². The average Bonchev–Trinajstić information content (AvgIpc) is 4.02. The number of carbonyl (C=O) groups is 4. The molecule has 5 amide bonds. The number of rotatable bonds is 8. The molecule has 2 aliphatic carbocycles. The number of nitrogens with one attached hydrogen (secondary N) is 4. The van der Waals surface area contributed by atoms with E-state index in [0.717, 1.165) is 6.42 Å². The first kappa shape index (κ1) is 39.2. The lowest BCUT2D eigenvalue weighted by molar-refractivity contribution is -0.142. The zero-order chi connectivity index (χ0) is 39.0. The maximum atomic E-state index is 14.8. The number of hydrogen-bond donors (Lipinski definition) is 4. The van der Waals surface area contributed by atoms with Gasteiger partial charge in [-0.1, -0.05) is 38.1 Å². The van der Waals surface area contributed by atoms with Gasteiger partial charge in [-0.3, -0.25) is 19.1 Å². The molecule has 16 heteroatoms. The number of benzene rings is 1. The normalized spacial score (nSPS) is 29.2. The number of amides is 5. The van der Waals surface area contributed by atoms with E-state index in [1.165, 1.54) is 4.90 Å². The predicted molar refractivity (Wildman–Crippen MR) is 201 cm³/mol. The Balaban J connectivity index is 1.35. The van der Waals surface area contributed by atoms with E-state index in [4.69, 9.17) is 9.47 Å². The molecule has 0 unspecified atom stereocenters. The molecule has 2 aromatic rings. The number of sulfonamides is 1.